The van der Waals surface area contributed by atoms with Gasteiger partial charge in [-0.1, -0.05) is 13.8 Å². The van der Waals surface area contributed by atoms with E-state index in [9.17, 15) is 0 Å². The van der Waals surface area contributed by atoms with Crippen LogP contribution in [0.5, 0.6) is 0 Å². The molecule has 1 aliphatic rings. The van der Waals surface area contributed by atoms with E-state index in [0.717, 1.165) is 56.9 Å². The molecule has 0 aliphatic carbocycles. The van der Waals surface area contributed by atoms with Gasteiger partial charge in [0.1, 0.15) is 0 Å². The lowest BCUT2D eigenvalue weighted by Gasteiger charge is -2.34. The Morgan fingerprint density at radius 1 is 1.04 bits per heavy atom. The average molecular weight is 468 g/mol. The van der Waals surface area contributed by atoms with E-state index in [-0.39, 0.29) is 24.0 Å². The first-order valence-corrected chi connectivity index (χ1v) is 9.90. The maximum Gasteiger partial charge on any atom is 0.190 e. The minimum absolute atomic E-state index is 0. The Morgan fingerprint density at radius 3 is 2.20 bits per heavy atom. The van der Waals surface area contributed by atoms with E-state index < -0.39 is 0 Å². The van der Waals surface area contributed by atoms with E-state index in [1.165, 1.54) is 38.9 Å². The maximum absolute atomic E-state index is 5.34. The van der Waals surface area contributed by atoms with Gasteiger partial charge in [0.15, 0.2) is 5.96 Å². The summed E-state index contributed by atoms with van der Waals surface area (Å²) in [7, 11) is 1.84. The SMILES string of the molecule is CCOCCCCNC(=NC)NCCCCN1CC(C)CC(C)C1.I. The van der Waals surface area contributed by atoms with Crippen molar-refractivity contribution in [3.8, 4) is 0 Å². The first-order valence-electron chi connectivity index (χ1n) is 9.90. The second-order valence-corrected chi connectivity index (χ2v) is 7.24. The minimum atomic E-state index is 0. The summed E-state index contributed by atoms with van der Waals surface area (Å²) in [6.07, 6.45) is 6.07. The highest BCUT2D eigenvalue weighted by molar-refractivity contribution is 14.0. The van der Waals surface area contributed by atoms with Crippen molar-refractivity contribution >= 4 is 29.9 Å². The van der Waals surface area contributed by atoms with Crippen LogP contribution in [-0.2, 0) is 4.74 Å². The smallest absolute Gasteiger partial charge is 0.190 e. The van der Waals surface area contributed by atoms with Gasteiger partial charge in [-0.15, -0.1) is 24.0 Å². The van der Waals surface area contributed by atoms with E-state index in [1.807, 2.05) is 14.0 Å². The van der Waals surface area contributed by atoms with Gasteiger partial charge >= 0.3 is 0 Å². The predicted molar refractivity (Wildman–Crippen MR) is 119 cm³/mol. The van der Waals surface area contributed by atoms with Crippen molar-refractivity contribution in [3.63, 3.8) is 0 Å². The van der Waals surface area contributed by atoms with Crippen molar-refractivity contribution in [2.24, 2.45) is 16.8 Å². The van der Waals surface area contributed by atoms with Crippen molar-refractivity contribution in [1.29, 1.82) is 0 Å². The number of ether oxygens (including phenoxy) is 1. The first-order chi connectivity index (χ1) is 11.7. The largest absolute Gasteiger partial charge is 0.382 e. The highest BCUT2D eigenvalue weighted by atomic mass is 127. The van der Waals surface area contributed by atoms with Crippen LogP contribution in [-0.4, -0.2) is 63.8 Å². The second-order valence-electron chi connectivity index (χ2n) is 7.24. The third kappa shape index (κ3) is 12.8. The van der Waals surface area contributed by atoms with Gasteiger partial charge in [-0.3, -0.25) is 4.99 Å². The molecule has 5 nitrogen and oxygen atoms in total. The summed E-state index contributed by atoms with van der Waals surface area (Å²) in [5.41, 5.74) is 0. The molecule has 2 unspecified atom stereocenters. The topological polar surface area (TPSA) is 48.9 Å². The summed E-state index contributed by atoms with van der Waals surface area (Å²) in [6, 6.07) is 0. The molecule has 0 amide bonds. The molecule has 1 rings (SSSR count). The van der Waals surface area contributed by atoms with Crippen LogP contribution >= 0.6 is 24.0 Å². The van der Waals surface area contributed by atoms with Gasteiger partial charge in [0, 0.05) is 46.4 Å². The van der Waals surface area contributed by atoms with Crippen molar-refractivity contribution < 1.29 is 4.74 Å². The Hall–Kier alpha value is -0.0800. The van der Waals surface area contributed by atoms with Crippen molar-refractivity contribution in [1.82, 2.24) is 15.5 Å². The van der Waals surface area contributed by atoms with Crippen LogP contribution in [0.3, 0.4) is 0 Å². The molecule has 1 saturated heterocycles. The van der Waals surface area contributed by atoms with Gasteiger partial charge in [0.25, 0.3) is 0 Å². The van der Waals surface area contributed by atoms with Crippen LogP contribution in [0.2, 0.25) is 0 Å². The van der Waals surface area contributed by atoms with Gasteiger partial charge < -0.3 is 20.3 Å². The Kier molecular flexibility index (Phi) is 16.1. The summed E-state index contributed by atoms with van der Waals surface area (Å²) >= 11 is 0. The summed E-state index contributed by atoms with van der Waals surface area (Å²) in [5, 5.41) is 6.79. The van der Waals surface area contributed by atoms with E-state index in [4.69, 9.17) is 4.74 Å². The van der Waals surface area contributed by atoms with Gasteiger partial charge in [0.05, 0.1) is 0 Å². The predicted octanol–water partition coefficient (Wildman–Crippen LogP) is 3.34. The molecule has 0 aromatic heterocycles. The molecule has 0 bridgehead atoms. The third-order valence-corrected chi connectivity index (χ3v) is 4.57. The van der Waals surface area contributed by atoms with E-state index in [0.29, 0.717) is 0 Å². The molecule has 2 atom stereocenters. The summed E-state index contributed by atoms with van der Waals surface area (Å²) in [4.78, 5) is 6.93. The standard InChI is InChI=1S/C19H40N4O.HI/c1-5-24-13-9-7-11-22-19(20-4)21-10-6-8-12-23-15-17(2)14-18(3)16-23;/h17-18H,5-16H2,1-4H3,(H2,20,21,22);1H. The second kappa shape index (κ2) is 16.1. The van der Waals surface area contributed by atoms with Gasteiger partial charge in [0.2, 0.25) is 0 Å². The Bertz CT molecular complexity index is 331. The summed E-state index contributed by atoms with van der Waals surface area (Å²) in [5.74, 6) is 2.64. The fourth-order valence-electron chi connectivity index (χ4n) is 3.54. The van der Waals surface area contributed by atoms with Crippen LogP contribution in [0.1, 0.15) is 52.9 Å². The van der Waals surface area contributed by atoms with Crippen LogP contribution in [0.15, 0.2) is 4.99 Å². The highest BCUT2D eigenvalue weighted by Gasteiger charge is 2.20. The summed E-state index contributed by atoms with van der Waals surface area (Å²) < 4.78 is 5.34. The molecule has 1 aliphatic heterocycles. The molecule has 0 radical (unpaired) electrons. The number of likely N-dealkylation sites (tertiary alicyclic amines) is 1. The number of halogens is 1. The molecule has 0 saturated carbocycles. The zero-order valence-electron chi connectivity index (χ0n) is 16.9. The molecule has 0 aromatic rings. The normalized spacial score (nSPS) is 21.7. The van der Waals surface area contributed by atoms with Crippen LogP contribution in [0.25, 0.3) is 0 Å². The number of guanidine groups is 1. The highest BCUT2D eigenvalue weighted by Crippen LogP contribution is 2.20. The number of nitrogens with zero attached hydrogens (tertiary/aromatic N) is 2. The Morgan fingerprint density at radius 2 is 1.64 bits per heavy atom. The molecule has 150 valence electrons. The number of hydrogen-bond donors (Lipinski definition) is 2. The van der Waals surface area contributed by atoms with Crippen LogP contribution in [0.4, 0.5) is 0 Å². The number of rotatable bonds is 11. The van der Waals surface area contributed by atoms with Gasteiger partial charge in [-0.05, 0) is 57.4 Å². The molecule has 6 heteroatoms. The summed E-state index contributed by atoms with van der Waals surface area (Å²) in [6.45, 7) is 14.2. The first kappa shape index (κ1) is 24.9. The number of aliphatic imine (C=N–C) groups is 1. The fraction of sp³-hybridized carbons (Fsp3) is 0.947. The van der Waals surface area contributed by atoms with E-state index in [1.54, 1.807) is 0 Å². The Balaban J connectivity index is 0.00000576. The maximum atomic E-state index is 5.34. The zero-order chi connectivity index (χ0) is 17.6. The minimum Gasteiger partial charge on any atom is -0.382 e. The molecule has 2 N–H and O–H groups in total. The van der Waals surface area contributed by atoms with Gasteiger partial charge in [-0.25, -0.2) is 0 Å². The van der Waals surface area contributed by atoms with Crippen molar-refractivity contribution in [2.45, 2.75) is 52.9 Å². The quantitative estimate of drug-likeness (QED) is 0.211. The molecule has 0 aromatic carbocycles. The fourth-order valence-corrected chi connectivity index (χ4v) is 3.54. The molecule has 0 spiro atoms. The number of piperidine rings is 1. The third-order valence-electron chi connectivity index (χ3n) is 4.57. The van der Waals surface area contributed by atoms with Crippen molar-refractivity contribution in [3.05, 3.63) is 0 Å². The molecule has 1 fully saturated rings. The molecular weight excluding hydrogens is 427 g/mol. The number of hydrogen-bond acceptors (Lipinski definition) is 3. The number of unbranched alkanes of at least 4 members (excludes halogenated alkanes) is 2. The van der Waals surface area contributed by atoms with E-state index >= 15 is 0 Å². The lowest BCUT2D eigenvalue weighted by Crippen LogP contribution is -2.40. The van der Waals surface area contributed by atoms with Gasteiger partial charge in [-0.2, -0.15) is 0 Å². The zero-order valence-corrected chi connectivity index (χ0v) is 19.2. The average Bonchev–Trinajstić information content (AvgIpc) is 2.55. The van der Waals surface area contributed by atoms with Crippen LogP contribution in [0, 0.1) is 11.8 Å². The lowest BCUT2D eigenvalue weighted by molar-refractivity contribution is 0.139. The van der Waals surface area contributed by atoms with Crippen molar-refractivity contribution in [2.75, 3.05) is 53.0 Å². The molecule has 25 heavy (non-hydrogen) atoms. The Labute approximate surface area is 172 Å². The lowest BCUT2D eigenvalue weighted by atomic mass is 9.92. The van der Waals surface area contributed by atoms with E-state index in [2.05, 4.69) is 34.4 Å². The number of nitrogens with one attached hydrogen (secondary N) is 2. The molecule has 1 heterocycles. The molecular formula is C19H41IN4O. The van der Waals surface area contributed by atoms with Crippen LogP contribution < -0.4 is 10.6 Å². The monoisotopic (exact) mass is 468 g/mol.